The van der Waals surface area contributed by atoms with Crippen molar-refractivity contribution >= 4 is 46.8 Å². The van der Waals surface area contributed by atoms with Crippen molar-refractivity contribution in [2.24, 2.45) is 21.8 Å². The van der Waals surface area contributed by atoms with Crippen LogP contribution in [0, 0.1) is 12.8 Å². The van der Waals surface area contributed by atoms with Gasteiger partial charge in [0.15, 0.2) is 5.84 Å². The first-order valence-electron chi connectivity index (χ1n) is 10.3. The molecular formula is C21H28Cl2F6N4O4S. The predicted molar refractivity (Wildman–Crippen MR) is 135 cm³/mol. The molecule has 0 unspecified atom stereocenters. The second-order valence-corrected chi connectivity index (χ2v) is 9.03. The third-order valence-electron chi connectivity index (χ3n) is 4.31. The molecule has 0 bridgehead atoms. The third kappa shape index (κ3) is 11.9. The molecule has 0 aliphatic heterocycles. The Morgan fingerprint density at radius 1 is 1.08 bits per heavy atom. The number of halogens is 8. The summed E-state index contributed by atoms with van der Waals surface area (Å²) in [6.45, 7) is 5.13. The van der Waals surface area contributed by atoms with Crippen molar-refractivity contribution in [3.05, 3.63) is 43.9 Å². The van der Waals surface area contributed by atoms with Crippen molar-refractivity contribution in [2.45, 2.75) is 33.3 Å². The Labute approximate surface area is 230 Å². The first-order chi connectivity index (χ1) is 17.4. The fraction of sp³-hybridized carbons (Fsp3) is 0.524. The number of aliphatic imine (C=N–C) groups is 1. The number of amidine groups is 1. The number of nitrogens with zero attached hydrogens (tertiary/aromatic N) is 3. The van der Waals surface area contributed by atoms with Gasteiger partial charge in [0.2, 0.25) is 0 Å². The number of hydrogen-bond donors (Lipinski definition) is 2. The van der Waals surface area contributed by atoms with Gasteiger partial charge in [0.25, 0.3) is 0 Å². The standard InChI is InChI=1S/C13H23F3N4O4S.C8H5Cl2F3/c1-8(2)10(20(6-22-4)7-23-5)11(25-24-13(14,15)16)9(18-3)12(17)19-21;1-4-6(9)2-5(3-7(4)10)8(11,12)13/h8,21H,6-7H2,1-5H3,(H2,17,19);2-3H,1H3/b11-10-,18-9?;. The molecule has 1 aromatic rings. The maximum Gasteiger partial charge on any atom is 0.533 e. The first kappa shape index (κ1) is 36.1. The van der Waals surface area contributed by atoms with Crippen LogP contribution < -0.4 is 5.73 Å². The lowest BCUT2D eigenvalue weighted by Crippen LogP contribution is -2.34. The van der Waals surface area contributed by atoms with Crippen LogP contribution in [-0.4, -0.2) is 62.7 Å². The summed E-state index contributed by atoms with van der Waals surface area (Å²) in [5, 5.41) is 11.8. The fourth-order valence-corrected chi connectivity index (χ4v) is 4.13. The lowest BCUT2D eigenvalue weighted by atomic mass is 10.1. The number of allylic oxidation sites excluding steroid dienone is 1. The van der Waals surface area contributed by atoms with Crippen LogP contribution in [0.15, 0.2) is 32.9 Å². The lowest BCUT2D eigenvalue weighted by Gasteiger charge is -2.30. The van der Waals surface area contributed by atoms with Crippen molar-refractivity contribution in [3.8, 4) is 0 Å². The monoisotopic (exact) mass is 616 g/mol. The molecule has 17 heteroatoms. The summed E-state index contributed by atoms with van der Waals surface area (Å²) >= 11 is 11.1. The van der Waals surface area contributed by atoms with Crippen LogP contribution in [0.25, 0.3) is 0 Å². The minimum Gasteiger partial charge on any atom is -0.409 e. The van der Waals surface area contributed by atoms with E-state index in [1.54, 1.807) is 25.7 Å². The molecule has 218 valence electrons. The molecule has 0 fully saturated rings. The van der Waals surface area contributed by atoms with Crippen LogP contribution in [0.3, 0.4) is 0 Å². The number of hydrogen-bond acceptors (Lipinski definition) is 8. The van der Waals surface area contributed by atoms with E-state index >= 15 is 0 Å². The zero-order valence-electron chi connectivity index (χ0n) is 21.2. The van der Waals surface area contributed by atoms with Gasteiger partial charge in [-0.3, -0.25) is 4.99 Å². The van der Waals surface area contributed by atoms with Crippen molar-refractivity contribution in [3.63, 3.8) is 0 Å². The molecule has 1 aromatic carbocycles. The van der Waals surface area contributed by atoms with Crippen LogP contribution in [-0.2, 0) is 19.8 Å². The molecule has 38 heavy (non-hydrogen) atoms. The van der Waals surface area contributed by atoms with Gasteiger partial charge in [-0.2, -0.15) is 13.2 Å². The number of alkyl halides is 6. The van der Waals surface area contributed by atoms with Crippen LogP contribution in [0.4, 0.5) is 26.3 Å². The first-order valence-corrected chi connectivity index (χ1v) is 11.8. The fourth-order valence-electron chi connectivity index (χ4n) is 2.74. The minimum absolute atomic E-state index is 0.0205. The number of benzene rings is 1. The predicted octanol–water partition coefficient (Wildman–Crippen LogP) is 6.69. The Hall–Kier alpha value is -1.91. The lowest BCUT2D eigenvalue weighted by molar-refractivity contribution is -0.266. The second kappa shape index (κ2) is 16.3. The van der Waals surface area contributed by atoms with Crippen LogP contribution >= 0.6 is 35.2 Å². The van der Waals surface area contributed by atoms with E-state index in [0.717, 1.165) is 12.1 Å². The minimum atomic E-state index is -4.89. The van der Waals surface area contributed by atoms with E-state index in [9.17, 15) is 26.3 Å². The maximum atomic E-state index is 12.5. The molecular weight excluding hydrogens is 589 g/mol. The topological polar surface area (TPSA) is 102 Å². The van der Waals surface area contributed by atoms with Crippen molar-refractivity contribution in [2.75, 3.05) is 34.7 Å². The largest absolute Gasteiger partial charge is 0.533 e. The molecule has 0 saturated carbocycles. The van der Waals surface area contributed by atoms with Crippen LogP contribution in [0.1, 0.15) is 25.0 Å². The van der Waals surface area contributed by atoms with Gasteiger partial charge < -0.3 is 25.3 Å². The van der Waals surface area contributed by atoms with Gasteiger partial charge in [-0.1, -0.05) is 42.2 Å². The number of ether oxygens (including phenoxy) is 2. The Morgan fingerprint density at radius 3 is 1.87 bits per heavy atom. The number of nitrogens with two attached hydrogens (primary N) is 1. The Kier molecular flexibility index (Phi) is 15.4. The van der Waals surface area contributed by atoms with E-state index in [4.69, 9.17) is 43.6 Å². The summed E-state index contributed by atoms with van der Waals surface area (Å²) in [5.74, 6) is -0.739. The van der Waals surface area contributed by atoms with E-state index < -0.39 is 23.9 Å². The summed E-state index contributed by atoms with van der Waals surface area (Å²) in [6.07, 6.45) is -9.30. The molecule has 0 aliphatic carbocycles. The summed E-state index contributed by atoms with van der Waals surface area (Å²) in [5.41, 5.74) is 5.40. The molecule has 0 amide bonds. The Morgan fingerprint density at radius 2 is 1.55 bits per heavy atom. The average Bonchev–Trinajstić information content (AvgIpc) is 2.80. The number of rotatable bonds is 10. The molecule has 0 spiro atoms. The highest BCUT2D eigenvalue weighted by Crippen LogP contribution is 2.36. The molecule has 0 saturated heterocycles. The summed E-state index contributed by atoms with van der Waals surface area (Å²) < 4.78 is 88.2. The Balaban J connectivity index is 0.000000875. The van der Waals surface area contributed by atoms with Gasteiger partial charge in [-0.05, 0) is 30.5 Å². The molecule has 3 N–H and O–H groups in total. The summed E-state index contributed by atoms with van der Waals surface area (Å²) in [6, 6.07) is 1.73. The normalized spacial score (nSPS) is 13.8. The molecule has 0 atom stereocenters. The van der Waals surface area contributed by atoms with E-state index in [0.29, 0.717) is 11.3 Å². The number of methoxy groups -OCH3 is 2. The maximum absolute atomic E-state index is 12.5. The number of oxime groups is 1. The highest BCUT2D eigenvalue weighted by Gasteiger charge is 2.34. The van der Waals surface area contributed by atoms with E-state index in [2.05, 4.69) is 14.3 Å². The smallest absolute Gasteiger partial charge is 0.409 e. The average molecular weight is 617 g/mol. The van der Waals surface area contributed by atoms with E-state index in [-0.39, 0.29) is 52.1 Å². The zero-order valence-corrected chi connectivity index (χ0v) is 23.5. The Bertz CT molecular complexity index is 976. The quantitative estimate of drug-likeness (QED) is 0.0574. The van der Waals surface area contributed by atoms with Crippen LogP contribution in [0.5, 0.6) is 0 Å². The van der Waals surface area contributed by atoms with Gasteiger partial charge >= 0.3 is 12.5 Å². The molecule has 0 aromatic heterocycles. The molecule has 0 heterocycles. The van der Waals surface area contributed by atoms with Crippen molar-refractivity contribution in [1.82, 2.24) is 4.90 Å². The third-order valence-corrected chi connectivity index (χ3v) is 5.93. The van der Waals surface area contributed by atoms with Crippen molar-refractivity contribution < 1.29 is 45.2 Å². The highest BCUT2D eigenvalue weighted by molar-refractivity contribution is 7.99. The van der Waals surface area contributed by atoms with Crippen molar-refractivity contribution in [1.29, 1.82) is 0 Å². The molecule has 8 nitrogen and oxygen atoms in total. The van der Waals surface area contributed by atoms with Gasteiger partial charge in [0.1, 0.15) is 19.2 Å². The molecule has 0 aliphatic rings. The SMILES string of the molecule is CN=C(C(N)=NO)/C(SOC(F)(F)F)=C(\C(C)C)N(COC)COC.Cc1c(Cl)cc(C(F)(F)F)cc1Cl. The van der Waals surface area contributed by atoms with Gasteiger partial charge in [-0.25, -0.2) is 4.18 Å². The second-order valence-electron chi connectivity index (χ2n) is 7.48. The van der Waals surface area contributed by atoms with Gasteiger partial charge in [0, 0.05) is 49.1 Å². The highest BCUT2D eigenvalue weighted by atomic mass is 35.5. The summed E-state index contributed by atoms with van der Waals surface area (Å²) in [7, 11) is 4.16. The molecule has 0 radical (unpaired) electrons. The van der Waals surface area contributed by atoms with Gasteiger partial charge in [-0.15, -0.1) is 13.2 Å². The summed E-state index contributed by atoms with van der Waals surface area (Å²) in [4.78, 5) is 5.31. The van der Waals surface area contributed by atoms with E-state index in [1.165, 1.54) is 21.3 Å². The van der Waals surface area contributed by atoms with Gasteiger partial charge in [0.05, 0.1) is 10.5 Å². The van der Waals surface area contributed by atoms with Crippen LogP contribution in [0.2, 0.25) is 10.0 Å². The molecule has 1 rings (SSSR count). The van der Waals surface area contributed by atoms with E-state index in [1.807, 2.05) is 0 Å². The zero-order chi connectivity index (χ0) is 29.8.